The zero-order chi connectivity index (χ0) is 15.5. The monoisotopic (exact) mass is 323 g/mol. The zero-order valence-electron chi connectivity index (χ0n) is 12.6. The number of halogens is 1. The SMILES string of the molecule is CC1CC(Cl)NC(NC(=O)Nc2ccc3c(c2)CCNC3)N1. The van der Waals surface area contributed by atoms with Crippen LogP contribution in [0.2, 0.25) is 0 Å². The minimum absolute atomic E-state index is 0.141. The molecule has 0 bridgehead atoms. The molecule has 1 aromatic rings. The van der Waals surface area contributed by atoms with Crippen LogP contribution in [0.15, 0.2) is 18.2 Å². The number of alkyl halides is 1. The maximum absolute atomic E-state index is 12.1. The quantitative estimate of drug-likeness (QED) is 0.420. The average Bonchev–Trinajstić information content (AvgIpc) is 2.45. The Hall–Kier alpha value is -1.34. The molecule has 22 heavy (non-hydrogen) atoms. The molecule has 2 aliphatic rings. The summed E-state index contributed by atoms with van der Waals surface area (Å²) in [5.74, 6) is 0. The van der Waals surface area contributed by atoms with Gasteiger partial charge in [0.05, 0.1) is 5.50 Å². The van der Waals surface area contributed by atoms with Crippen LogP contribution >= 0.6 is 11.6 Å². The molecule has 120 valence electrons. The van der Waals surface area contributed by atoms with Crippen LogP contribution in [0, 0.1) is 0 Å². The van der Waals surface area contributed by atoms with E-state index < -0.39 is 0 Å². The molecule has 1 saturated heterocycles. The lowest BCUT2D eigenvalue weighted by atomic mass is 10.0. The van der Waals surface area contributed by atoms with E-state index in [2.05, 4.69) is 32.7 Å². The van der Waals surface area contributed by atoms with Crippen molar-refractivity contribution < 1.29 is 4.79 Å². The summed E-state index contributed by atoms with van der Waals surface area (Å²) < 4.78 is 0. The summed E-state index contributed by atoms with van der Waals surface area (Å²) in [6.45, 7) is 3.92. The van der Waals surface area contributed by atoms with Gasteiger partial charge in [-0.15, -0.1) is 11.6 Å². The first-order valence-corrected chi connectivity index (χ1v) is 8.10. The summed E-state index contributed by atoms with van der Waals surface area (Å²) >= 11 is 6.10. The molecular weight excluding hydrogens is 302 g/mol. The Kier molecular flexibility index (Phi) is 4.83. The van der Waals surface area contributed by atoms with Crippen LogP contribution in [-0.2, 0) is 13.0 Å². The fourth-order valence-electron chi connectivity index (χ4n) is 2.90. The second-order valence-corrected chi connectivity index (χ2v) is 6.41. The highest BCUT2D eigenvalue weighted by atomic mass is 35.5. The van der Waals surface area contributed by atoms with Crippen molar-refractivity contribution in [3.05, 3.63) is 29.3 Å². The number of urea groups is 1. The van der Waals surface area contributed by atoms with E-state index in [1.807, 2.05) is 19.1 Å². The van der Waals surface area contributed by atoms with Gasteiger partial charge in [0.25, 0.3) is 0 Å². The predicted octanol–water partition coefficient (Wildman–Crippen LogP) is 1.27. The van der Waals surface area contributed by atoms with Crippen molar-refractivity contribution in [1.29, 1.82) is 0 Å². The van der Waals surface area contributed by atoms with Gasteiger partial charge >= 0.3 is 6.03 Å². The topological polar surface area (TPSA) is 77.2 Å². The van der Waals surface area contributed by atoms with Gasteiger partial charge in [0.1, 0.15) is 6.29 Å². The van der Waals surface area contributed by atoms with Gasteiger partial charge in [-0.25, -0.2) is 4.79 Å². The van der Waals surface area contributed by atoms with Crippen LogP contribution in [0.25, 0.3) is 0 Å². The Morgan fingerprint density at radius 1 is 1.32 bits per heavy atom. The molecule has 7 heteroatoms. The number of carbonyl (C=O) groups is 1. The highest BCUT2D eigenvalue weighted by Gasteiger charge is 2.24. The standard InChI is InChI=1S/C15H22ClN5O/c1-9-6-13(16)20-14(18-9)21-15(22)19-12-3-2-11-8-17-5-4-10(11)7-12/h2-3,7,9,13-14,17-18,20H,4-6,8H2,1H3,(H2,19,21,22). The highest BCUT2D eigenvalue weighted by Crippen LogP contribution is 2.19. The zero-order valence-corrected chi connectivity index (χ0v) is 13.3. The Bertz CT molecular complexity index is 543. The largest absolute Gasteiger partial charge is 0.321 e. The molecule has 0 saturated carbocycles. The maximum atomic E-state index is 12.1. The molecule has 0 aliphatic carbocycles. The minimum Gasteiger partial charge on any atom is -0.312 e. The van der Waals surface area contributed by atoms with Crippen molar-refractivity contribution in [2.75, 3.05) is 11.9 Å². The Balaban J connectivity index is 1.57. The molecule has 2 amide bonds. The van der Waals surface area contributed by atoms with Crippen LogP contribution in [-0.4, -0.2) is 30.4 Å². The molecule has 6 nitrogen and oxygen atoms in total. The van der Waals surface area contributed by atoms with Crippen LogP contribution in [0.4, 0.5) is 10.5 Å². The number of anilines is 1. The number of hydrogen-bond donors (Lipinski definition) is 5. The Morgan fingerprint density at radius 3 is 3.00 bits per heavy atom. The summed E-state index contributed by atoms with van der Waals surface area (Å²) in [5.41, 5.74) is 3.26. The van der Waals surface area contributed by atoms with Crippen molar-refractivity contribution in [1.82, 2.24) is 21.3 Å². The number of fused-ring (bicyclic) bond motifs is 1. The molecule has 5 N–H and O–H groups in total. The van der Waals surface area contributed by atoms with Crippen LogP contribution < -0.4 is 26.6 Å². The lowest BCUT2D eigenvalue weighted by Gasteiger charge is -2.33. The minimum atomic E-state index is -0.326. The molecule has 3 atom stereocenters. The number of rotatable bonds is 2. The Labute approximate surface area is 135 Å². The highest BCUT2D eigenvalue weighted by molar-refractivity contribution is 6.20. The molecule has 3 rings (SSSR count). The van der Waals surface area contributed by atoms with Crippen LogP contribution in [0.3, 0.4) is 0 Å². The van der Waals surface area contributed by atoms with Gasteiger partial charge in [-0.05, 0) is 49.6 Å². The van der Waals surface area contributed by atoms with Crippen LogP contribution in [0.5, 0.6) is 0 Å². The number of nitrogens with one attached hydrogen (secondary N) is 5. The molecule has 1 aromatic carbocycles. The number of hydrogen-bond acceptors (Lipinski definition) is 4. The fourth-order valence-corrected chi connectivity index (χ4v) is 3.29. The molecule has 0 radical (unpaired) electrons. The number of carbonyl (C=O) groups excluding carboxylic acids is 1. The summed E-state index contributed by atoms with van der Waals surface area (Å²) in [6, 6.07) is 6.04. The summed E-state index contributed by atoms with van der Waals surface area (Å²) in [6.07, 6.45) is 1.48. The van der Waals surface area contributed by atoms with Gasteiger partial charge in [-0.3, -0.25) is 10.6 Å². The second-order valence-electron chi connectivity index (χ2n) is 5.88. The van der Waals surface area contributed by atoms with E-state index in [9.17, 15) is 4.79 Å². The average molecular weight is 324 g/mol. The maximum Gasteiger partial charge on any atom is 0.321 e. The molecule has 1 fully saturated rings. The predicted molar refractivity (Wildman–Crippen MR) is 87.8 cm³/mol. The molecule has 2 aliphatic heterocycles. The first-order valence-electron chi connectivity index (χ1n) is 7.66. The fraction of sp³-hybridized carbons (Fsp3) is 0.533. The van der Waals surface area contributed by atoms with E-state index in [-0.39, 0.29) is 23.9 Å². The van der Waals surface area contributed by atoms with E-state index in [0.29, 0.717) is 0 Å². The smallest absolute Gasteiger partial charge is 0.312 e. The van der Waals surface area contributed by atoms with E-state index >= 15 is 0 Å². The molecule has 3 unspecified atom stereocenters. The lowest BCUT2D eigenvalue weighted by molar-refractivity contribution is 0.225. The first-order chi connectivity index (χ1) is 10.6. The van der Waals surface area contributed by atoms with Crippen molar-refractivity contribution in [2.45, 2.75) is 44.1 Å². The lowest BCUT2D eigenvalue weighted by Crippen LogP contribution is -2.63. The second kappa shape index (κ2) is 6.83. The van der Waals surface area contributed by atoms with Crippen molar-refractivity contribution in [2.24, 2.45) is 0 Å². The van der Waals surface area contributed by atoms with Crippen molar-refractivity contribution in [3.63, 3.8) is 0 Å². The van der Waals surface area contributed by atoms with Gasteiger partial charge < -0.3 is 16.0 Å². The normalized spacial score (nSPS) is 27.8. The molecule has 2 heterocycles. The van der Waals surface area contributed by atoms with E-state index in [1.165, 1.54) is 11.1 Å². The summed E-state index contributed by atoms with van der Waals surface area (Å²) in [5, 5.41) is 15.4. The van der Waals surface area contributed by atoms with Gasteiger partial charge in [-0.1, -0.05) is 6.07 Å². The van der Waals surface area contributed by atoms with Crippen molar-refractivity contribution >= 4 is 23.3 Å². The molecular formula is C15H22ClN5O. The molecule has 0 aromatic heterocycles. The van der Waals surface area contributed by atoms with E-state index in [1.54, 1.807) is 0 Å². The van der Waals surface area contributed by atoms with E-state index in [0.717, 1.165) is 31.6 Å². The third-order valence-corrected chi connectivity index (χ3v) is 4.29. The van der Waals surface area contributed by atoms with Crippen LogP contribution in [0.1, 0.15) is 24.5 Å². The van der Waals surface area contributed by atoms with Crippen molar-refractivity contribution in [3.8, 4) is 0 Å². The van der Waals surface area contributed by atoms with Gasteiger partial charge in [-0.2, -0.15) is 0 Å². The number of amides is 2. The van der Waals surface area contributed by atoms with Gasteiger partial charge in [0.2, 0.25) is 0 Å². The van der Waals surface area contributed by atoms with Gasteiger partial charge in [0, 0.05) is 18.3 Å². The number of benzene rings is 1. The Morgan fingerprint density at radius 2 is 2.18 bits per heavy atom. The van der Waals surface area contributed by atoms with Gasteiger partial charge in [0.15, 0.2) is 0 Å². The first kappa shape index (κ1) is 15.6. The third-order valence-electron chi connectivity index (χ3n) is 3.99. The summed E-state index contributed by atoms with van der Waals surface area (Å²) in [4.78, 5) is 12.1. The van der Waals surface area contributed by atoms with E-state index in [4.69, 9.17) is 11.6 Å². The summed E-state index contributed by atoms with van der Waals surface area (Å²) in [7, 11) is 0. The molecule has 0 spiro atoms. The third kappa shape index (κ3) is 3.89.